The first-order valence-corrected chi connectivity index (χ1v) is 7.84. The van der Waals surface area contributed by atoms with Gasteiger partial charge >= 0.3 is 0 Å². The topological polar surface area (TPSA) is 32.6 Å². The van der Waals surface area contributed by atoms with Crippen LogP contribution in [0.5, 0.6) is 0 Å². The first kappa shape index (κ1) is 17.3. The van der Waals surface area contributed by atoms with Crippen LogP contribution in [0.15, 0.2) is 41.5 Å². The summed E-state index contributed by atoms with van der Waals surface area (Å²) in [6, 6.07) is 8.60. The van der Waals surface area contributed by atoms with Gasteiger partial charge in [-0.15, -0.1) is 0 Å². The number of aromatic nitrogens is 1. The lowest BCUT2D eigenvalue weighted by molar-refractivity contribution is 0.462. The molecule has 2 aromatic rings. The van der Waals surface area contributed by atoms with Crippen LogP contribution >= 0.6 is 11.6 Å². The second-order valence-electron chi connectivity index (χ2n) is 5.47. The monoisotopic (exact) mass is 336 g/mol. The number of aryl methyl sites for hydroxylation is 1. The third-order valence-electron chi connectivity index (χ3n) is 3.63. The van der Waals surface area contributed by atoms with Crippen molar-refractivity contribution in [3.05, 3.63) is 58.6 Å². The van der Waals surface area contributed by atoms with Crippen LogP contribution in [0.3, 0.4) is 0 Å². The highest BCUT2D eigenvalue weighted by Gasteiger charge is 2.09. The number of hydrogen-bond donors (Lipinski definition) is 1. The van der Waals surface area contributed by atoms with E-state index >= 15 is 0 Å². The Bertz CT molecular complexity index is 681. The summed E-state index contributed by atoms with van der Waals surface area (Å²) in [4.78, 5) is 6.31. The second-order valence-corrected chi connectivity index (χ2v) is 5.91. The summed E-state index contributed by atoms with van der Waals surface area (Å²) in [5, 5.41) is 4.02. The molecular formula is C17H22ClFN4. The van der Waals surface area contributed by atoms with Crippen molar-refractivity contribution in [1.29, 1.82) is 0 Å². The van der Waals surface area contributed by atoms with E-state index in [-0.39, 0.29) is 5.82 Å². The fourth-order valence-corrected chi connectivity index (χ4v) is 2.71. The van der Waals surface area contributed by atoms with E-state index in [2.05, 4.69) is 10.3 Å². The Morgan fingerprint density at radius 3 is 2.78 bits per heavy atom. The molecule has 0 amide bonds. The second kappa shape index (κ2) is 8.02. The molecule has 1 N–H and O–H groups in total. The molecule has 23 heavy (non-hydrogen) atoms. The minimum Gasteiger partial charge on any atom is -0.356 e. The van der Waals surface area contributed by atoms with Crippen molar-refractivity contribution < 1.29 is 4.39 Å². The summed E-state index contributed by atoms with van der Waals surface area (Å²) in [6.45, 7) is 1.39. The minimum absolute atomic E-state index is 0.204. The first-order chi connectivity index (χ1) is 11.0. The molecule has 1 heterocycles. The number of hydrogen-bond acceptors (Lipinski definition) is 1. The summed E-state index contributed by atoms with van der Waals surface area (Å²) in [7, 11) is 5.69. The number of nitrogens with one attached hydrogen (secondary N) is 1. The number of aliphatic imine (C=N–C) groups is 1. The number of benzene rings is 1. The molecule has 0 radical (unpaired) electrons. The van der Waals surface area contributed by atoms with E-state index in [1.165, 1.54) is 6.07 Å². The van der Waals surface area contributed by atoms with Gasteiger partial charge in [0.2, 0.25) is 0 Å². The average Bonchev–Trinajstić information content (AvgIpc) is 2.81. The molecule has 1 aromatic carbocycles. The molecule has 0 fully saturated rings. The summed E-state index contributed by atoms with van der Waals surface area (Å²) in [5.74, 6) is 0.586. The van der Waals surface area contributed by atoms with E-state index in [0.29, 0.717) is 13.1 Å². The molecule has 0 atom stereocenters. The summed E-state index contributed by atoms with van der Waals surface area (Å²) >= 11 is 6.01. The summed E-state index contributed by atoms with van der Waals surface area (Å²) in [5.41, 5.74) is 2.07. The number of halogens is 2. The molecule has 0 saturated carbocycles. The van der Waals surface area contributed by atoms with E-state index in [1.807, 2.05) is 41.9 Å². The van der Waals surface area contributed by atoms with Crippen molar-refractivity contribution >= 4 is 17.6 Å². The van der Waals surface area contributed by atoms with Crippen molar-refractivity contribution in [3.8, 4) is 0 Å². The molecule has 124 valence electrons. The van der Waals surface area contributed by atoms with E-state index in [0.717, 1.165) is 28.7 Å². The van der Waals surface area contributed by atoms with Crippen LogP contribution in [0, 0.1) is 5.82 Å². The van der Waals surface area contributed by atoms with E-state index in [4.69, 9.17) is 11.6 Å². The Labute approximate surface area is 141 Å². The van der Waals surface area contributed by atoms with Gasteiger partial charge in [-0.05, 0) is 30.2 Å². The molecular weight excluding hydrogens is 315 g/mol. The highest BCUT2D eigenvalue weighted by molar-refractivity contribution is 6.30. The van der Waals surface area contributed by atoms with Crippen LogP contribution in [0.1, 0.15) is 11.3 Å². The molecule has 0 spiro atoms. The number of guanidine groups is 1. The highest BCUT2D eigenvalue weighted by atomic mass is 35.5. The Kier molecular flexibility index (Phi) is 6.04. The zero-order valence-electron chi connectivity index (χ0n) is 13.7. The first-order valence-electron chi connectivity index (χ1n) is 7.46. The molecule has 0 aliphatic rings. The normalized spacial score (nSPS) is 11.6. The fourth-order valence-electron chi connectivity index (χ4n) is 2.44. The van der Waals surface area contributed by atoms with Crippen LogP contribution in [0.2, 0.25) is 5.02 Å². The van der Waals surface area contributed by atoms with Crippen LogP contribution in [-0.2, 0) is 20.0 Å². The molecule has 0 unspecified atom stereocenters. The van der Waals surface area contributed by atoms with Gasteiger partial charge in [-0.3, -0.25) is 4.99 Å². The molecule has 6 heteroatoms. The van der Waals surface area contributed by atoms with Crippen LogP contribution in [-0.4, -0.2) is 36.1 Å². The molecule has 0 saturated heterocycles. The largest absolute Gasteiger partial charge is 0.356 e. The van der Waals surface area contributed by atoms with E-state index in [1.54, 1.807) is 19.2 Å². The molecule has 0 aliphatic carbocycles. The highest BCUT2D eigenvalue weighted by Crippen LogP contribution is 2.14. The average molecular weight is 337 g/mol. The Balaban J connectivity index is 1.88. The maximum absolute atomic E-state index is 13.2. The van der Waals surface area contributed by atoms with E-state index < -0.39 is 0 Å². The van der Waals surface area contributed by atoms with Gasteiger partial charge in [0, 0.05) is 39.6 Å². The molecule has 0 bridgehead atoms. The van der Waals surface area contributed by atoms with Gasteiger partial charge in [0.05, 0.1) is 11.6 Å². The van der Waals surface area contributed by atoms with Crippen LogP contribution < -0.4 is 5.32 Å². The Morgan fingerprint density at radius 1 is 1.39 bits per heavy atom. The zero-order valence-corrected chi connectivity index (χ0v) is 14.4. The van der Waals surface area contributed by atoms with Crippen molar-refractivity contribution in [3.63, 3.8) is 0 Å². The van der Waals surface area contributed by atoms with Crippen molar-refractivity contribution in [2.45, 2.75) is 13.0 Å². The third kappa shape index (κ3) is 4.99. The zero-order chi connectivity index (χ0) is 16.8. The van der Waals surface area contributed by atoms with Gasteiger partial charge < -0.3 is 14.8 Å². The predicted octanol–water partition coefficient (Wildman–Crippen LogP) is 3.07. The smallest absolute Gasteiger partial charge is 0.193 e. The van der Waals surface area contributed by atoms with Gasteiger partial charge in [-0.25, -0.2) is 4.39 Å². The van der Waals surface area contributed by atoms with Crippen LogP contribution in [0.25, 0.3) is 0 Å². The predicted molar refractivity (Wildman–Crippen MR) is 93.4 cm³/mol. The van der Waals surface area contributed by atoms with E-state index in [9.17, 15) is 4.39 Å². The number of nitrogens with zero attached hydrogens (tertiary/aromatic N) is 3. The minimum atomic E-state index is -0.204. The van der Waals surface area contributed by atoms with Gasteiger partial charge in [-0.1, -0.05) is 23.7 Å². The van der Waals surface area contributed by atoms with Crippen molar-refractivity contribution in [2.24, 2.45) is 12.0 Å². The molecule has 2 rings (SSSR count). The lowest BCUT2D eigenvalue weighted by Gasteiger charge is -2.22. The van der Waals surface area contributed by atoms with Gasteiger partial charge in [0.15, 0.2) is 5.96 Å². The summed E-state index contributed by atoms with van der Waals surface area (Å²) < 4.78 is 15.2. The molecule has 4 nitrogen and oxygen atoms in total. The lowest BCUT2D eigenvalue weighted by Crippen LogP contribution is -2.39. The third-order valence-corrected chi connectivity index (χ3v) is 3.84. The van der Waals surface area contributed by atoms with Crippen LogP contribution in [0.4, 0.5) is 4.39 Å². The quantitative estimate of drug-likeness (QED) is 0.672. The maximum atomic E-state index is 13.2. The van der Waals surface area contributed by atoms with Gasteiger partial charge in [0.1, 0.15) is 5.82 Å². The fraction of sp³-hybridized carbons (Fsp3) is 0.353. The lowest BCUT2D eigenvalue weighted by atomic mass is 10.1. The Morgan fingerprint density at radius 2 is 2.17 bits per heavy atom. The standard InChI is InChI=1S/C17H22ClFN4/c1-20-17(21-8-7-13-5-4-6-15(19)9-13)23(3)12-16-10-14(18)11-22(16)2/h4-6,9-11H,7-8,12H2,1-3H3,(H,20,21). The Hall–Kier alpha value is -2.01. The maximum Gasteiger partial charge on any atom is 0.193 e. The molecule has 0 aliphatic heterocycles. The van der Waals surface area contributed by atoms with Crippen molar-refractivity contribution in [2.75, 3.05) is 20.6 Å². The van der Waals surface area contributed by atoms with Crippen molar-refractivity contribution in [1.82, 2.24) is 14.8 Å². The number of rotatable bonds is 5. The molecule has 1 aromatic heterocycles. The van der Waals surface area contributed by atoms with Gasteiger partial charge in [-0.2, -0.15) is 0 Å². The summed E-state index contributed by atoms with van der Waals surface area (Å²) in [6.07, 6.45) is 2.62. The SMILES string of the molecule is CN=C(NCCc1cccc(F)c1)N(C)Cc1cc(Cl)cn1C. The van der Waals surface area contributed by atoms with Gasteiger partial charge in [0.25, 0.3) is 0 Å².